The van der Waals surface area contributed by atoms with Gasteiger partial charge >= 0.3 is 0 Å². The van der Waals surface area contributed by atoms with Crippen LogP contribution in [-0.4, -0.2) is 6.61 Å². The molecule has 1 aromatic carbocycles. The summed E-state index contributed by atoms with van der Waals surface area (Å²) in [6, 6.07) is 5.87. The Labute approximate surface area is 102 Å². The SMILES string of the molecule is [CH2]CC[CH]COc1cc(Br)cc(Br)c1. The molecule has 0 amide bonds. The second-order valence-electron chi connectivity index (χ2n) is 2.85. The van der Waals surface area contributed by atoms with Gasteiger partial charge in [-0.15, -0.1) is 0 Å². The van der Waals surface area contributed by atoms with E-state index in [1.165, 1.54) is 0 Å². The molecule has 1 rings (SSSR count). The predicted molar refractivity (Wildman–Crippen MR) is 66.2 cm³/mol. The van der Waals surface area contributed by atoms with Crippen molar-refractivity contribution < 1.29 is 4.74 Å². The molecule has 0 heterocycles. The van der Waals surface area contributed by atoms with Crippen LogP contribution in [0.15, 0.2) is 27.1 Å². The minimum absolute atomic E-state index is 0.637. The zero-order valence-corrected chi connectivity index (χ0v) is 11.0. The van der Waals surface area contributed by atoms with Gasteiger partial charge in [0.2, 0.25) is 0 Å². The van der Waals surface area contributed by atoms with Gasteiger partial charge in [0.05, 0.1) is 6.61 Å². The lowest BCUT2D eigenvalue weighted by Crippen LogP contribution is -1.97. The highest BCUT2D eigenvalue weighted by molar-refractivity contribution is 9.11. The molecule has 0 fully saturated rings. The summed E-state index contributed by atoms with van der Waals surface area (Å²) in [6.45, 7) is 4.39. The van der Waals surface area contributed by atoms with Gasteiger partial charge in [0.1, 0.15) is 5.75 Å². The van der Waals surface area contributed by atoms with Crippen LogP contribution in [0.1, 0.15) is 12.8 Å². The molecule has 0 bridgehead atoms. The van der Waals surface area contributed by atoms with Crippen LogP contribution >= 0.6 is 31.9 Å². The summed E-state index contributed by atoms with van der Waals surface area (Å²) in [4.78, 5) is 0. The molecule has 1 aromatic rings. The third-order valence-electron chi connectivity index (χ3n) is 1.61. The van der Waals surface area contributed by atoms with Crippen LogP contribution < -0.4 is 4.74 Å². The molecule has 14 heavy (non-hydrogen) atoms. The van der Waals surface area contributed by atoms with Crippen LogP contribution in [0, 0.1) is 13.3 Å². The summed E-state index contributed by atoms with van der Waals surface area (Å²) in [5, 5.41) is 0. The highest BCUT2D eigenvalue weighted by Crippen LogP contribution is 2.24. The van der Waals surface area contributed by atoms with Gasteiger partial charge in [-0.2, -0.15) is 0 Å². The second kappa shape index (κ2) is 6.46. The Hall–Kier alpha value is -0.0200. The van der Waals surface area contributed by atoms with E-state index in [9.17, 15) is 0 Å². The van der Waals surface area contributed by atoms with E-state index in [-0.39, 0.29) is 0 Å². The molecule has 0 spiro atoms. The van der Waals surface area contributed by atoms with Crippen molar-refractivity contribution in [2.45, 2.75) is 12.8 Å². The third-order valence-corrected chi connectivity index (χ3v) is 2.53. The first kappa shape index (κ1) is 12.1. The molecule has 0 aromatic heterocycles. The van der Waals surface area contributed by atoms with Crippen LogP contribution in [0.4, 0.5) is 0 Å². The van der Waals surface area contributed by atoms with Gasteiger partial charge in [-0.25, -0.2) is 0 Å². The maximum Gasteiger partial charge on any atom is 0.121 e. The monoisotopic (exact) mass is 318 g/mol. The van der Waals surface area contributed by atoms with Gasteiger partial charge in [0.25, 0.3) is 0 Å². The van der Waals surface area contributed by atoms with Crippen LogP contribution in [0.25, 0.3) is 0 Å². The van der Waals surface area contributed by atoms with Crippen LogP contribution in [0.2, 0.25) is 0 Å². The molecule has 3 heteroatoms. The van der Waals surface area contributed by atoms with Crippen molar-refractivity contribution in [1.29, 1.82) is 0 Å². The van der Waals surface area contributed by atoms with Crippen molar-refractivity contribution in [2.75, 3.05) is 6.61 Å². The summed E-state index contributed by atoms with van der Waals surface area (Å²) in [6.07, 6.45) is 4.00. The predicted octanol–water partition coefficient (Wildman–Crippen LogP) is 4.41. The van der Waals surface area contributed by atoms with Crippen molar-refractivity contribution in [3.8, 4) is 5.75 Å². The highest BCUT2D eigenvalue weighted by Gasteiger charge is 1.98. The lowest BCUT2D eigenvalue weighted by atomic mass is 10.3. The molecular weight excluding hydrogens is 308 g/mol. The number of unbranched alkanes of at least 4 members (excludes halogenated alkanes) is 2. The lowest BCUT2D eigenvalue weighted by Gasteiger charge is -2.06. The van der Waals surface area contributed by atoms with Gasteiger partial charge in [-0.05, 0) is 31.0 Å². The van der Waals surface area contributed by atoms with E-state index in [1.807, 2.05) is 18.2 Å². The molecular formula is C11H12Br2O. The van der Waals surface area contributed by atoms with Crippen LogP contribution in [0.5, 0.6) is 5.75 Å². The molecule has 0 saturated heterocycles. The third kappa shape index (κ3) is 4.47. The summed E-state index contributed by atoms with van der Waals surface area (Å²) >= 11 is 6.81. The lowest BCUT2D eigenvalue weighted by molar-refractivity contribution is 0.344. The fraction of sp³-hybridized carbons (Fsp3) is 0.273. The standard InChI is InChI=1S/C11H12Br2O/c1-2-3-4-5-14-11-7-9(12)6-10(13)8-11/h4,6-8H,1-3,5H2. The molecule has 0 unspecified atom stereocenters. The first-order chi connectivity index (χ1) is 6.72. The molecule has 0 atom stereocenters. The van der Waals surface area contributed by atoms with Crippen molar-refractivity contribution in [3.63, 3.8) is 0 Å². The Morgan fingerprint density at radius 1 is 1.21 bits per heavy atom. The topological polar surface area (TPSA) is 9.23 Å². The molecule has 0 N–H and O–H groups in total. The molecule has 0 aliphatic heterocycles. The minimum Gasteiger partial charge on any atom is -0.493 e. The summed E-state index contributed by atoms with van der Waals surface area (Å²) in [7, 11) is 0. The van der Waals surface area contributed by atoms with Crippen molar-refractivity contribution in [3.05, 3.63) is 40.5 Å². The summed E-state index contributed by atoms with van der Waals surface area (Å²) in [5.74, 6) is 0.867. The molecule has 2 radical (unpaired) electrons. The maximum absolute atomic E-state index is 5.53. The van der Waals surface area contributed by atoms with Crippen LogP contribution in [0.3, 0.4) is 0 Å². The van der Waals surface area contributed by atoms with Crippen LogP contribution in [-0.2, 0) is 0 Å². The minimum atomic E-state index is 0.637. The average molecular weight is 320 g/mol. The average Bonchev–Trinajstić information content (AvgIpc) is 2.11. The van der Waals surface area contributed by atoms with E-state index < -0.39 is 0 Å². The Bertz CT molecular complexity index is 266. The maximum atomic E-state index is 5.53. The highest BCUT2D eigenvalue weighted by atomic mass is 79.9. The van der Waals surface area contributed by atoms with E-state index >= 15 is 0 Å². The number of benzene rings is 1. The molecule has 0 aliphatic carbocycles. The van der Waals surface area contributed by atoms with Gasteiger partial charge in [0, 0.05) is 8.95 Å². The fourth-order valence-corrected chi connectivity index (χ4v) is 2.25. The van der Waals surface area contributed by atoms with Gasteiger partial charge in [-0.3, -0.25) is 0 Å². The first-order valence-corrected chi connectivity index (χ1v) is 6.01. The zero-order valence-electron chi connectivity index (χ0n) is 7.80. The molecule has 0 aliphatic rings. The Morgan fingerprint density at radius 3 is 2.43 bits per heavy atom. The Balaban J connectivity index is 2.42. The van der Waals surface area contributed by atoms with Gasteiger partial charge in [0.15, 0.2) is 0 Å². The first-order valence-electron chi connectivity index (χ1n) is 4.42. The smallest absolute Gasteiger partial charge is 0.121 e. The summed E-state index contributed by atoms with van der Waals surface area (Å²) < 4.78 is 7.55. The molecule has 1 nitrogen and oxygen atoms in total. The van der Waals surface area contributed by atoms with E-state index in [1.54, 1.807) is 0 Å². The normalized spacial score (nSPS) is 10.2. The zero-order chi connectivity index (χ0) is 10.4. The Morgan fingerprint density at radius 2 is 1.86 bits per heavy atom. The molecule has 0 saturated carbocycles. The second-order valence-corrected chi connectivity index (χ2v) is 4.68. The van der Waals surface area contributed by atoms with Crippen molar-refractivity contribution in [2.24, 2.45) is 0 Å². The van der Waals surface area contributed by atoms with Gasteiger partial charge < -0.3 is 4.74 Å². The van der Waals surface area contributed by atoms with E-state index in [0.717, 1.165) is 27.5 Å². The van der Waals surface area contributed by atoms with Crippen molar-refractivity contribution >= 4 is 31.9 Å². The van der Waals surface area contributed by atoms with Crippen molar-refractivity contribution in [1.82, 2.24) is 0 Å². The van der Waals surface area contributed by atoms with E-state index in [0.29, 0.717) is 6.61 Å². The Kier molecular flexibility index (Phi) is 5.56. The van der Waals surface area contributed by atoms with E-state index in [2.05, 4.69) is 45.2 Å². The number of halogens is 2. The van der Waals surface area contributed by atoms with E-state index in [4.69, 9.17) is 4.74 Å². The number of hydrogen-bond acceptors (Lipinski definition) is 1. The molecule has 76 valence electrons. The number of rotatable bonds is 5. The largest absolute Gasteiger partial charge is 0.493 e. The summed E-state index contributed by atoms with van der Waals surface area (Å²) in [5.41, 5.74) is 0. The fourth-order valence-electron chi connectivity index (χ4n) is 0.995. The number of hydrogen-bond donors (Lipinski definition) is 0. The van der Waals surface area contributed by atoms with Gasteiger partial charge in [-0.1, -0.05) is 45.2 Å². The quantitative estimate of drug-likeness (QED) is 0.730. The number of ether oxygens (including phenoxy) is 1.